The number of carbonyl (C=O) groups is 2. The maximum atomic E-state index is 12.5. The number of rotatable bonds is 8. The molecule has 4 rings (SSSR count). The van der Waals surface area contributed by atoms with Gasteiger partial charge >= 0.3 is 0 Å². The summed E-state index contributed by atoms with van der Waals surface area (Å²) in [5.74, 6) is 1.08. The average Bonchev–Trinajstić information content (AvgIpc) is 3.47. The molecule has 5 heteroatoms. The fourth-order valence-electron chi connectivity index (χ4n) is 3.87. The largest absolute Gasteiger partial charge is 0.490 e. The minimum absolute atomic E-state index is 0.0362. The first-order valence-electron chi connectivity index (χ1n) is 11.0. The van der Waals surface area contributed by atoms with Crippen molar-refractivity contribution < 1.29 is 14.3 Å². The Kier molecular flexibility index (Phi) is 6.36. The zero-order valence-electron chi connectivity index (χ0n) is 17.6. The van der Waals surface area contributed by atoms with Crippen LogP contribution in [0.2, 0.25) is 0 Å². The number of benzene rings is 2. The summed E-state index contributed by atoms with van der Waals surface area (Å²) in [6.07, 6.45) is 8.07. The topological polar surface area (TPSA) is 67.4 Å². The second-order valence-electron chi connectivity index (χ2n) is 8.51. The second-order valence-corrected chi connectivity index (χ2v) is 8.51. The lowest BCUT2D eigenvalue weighted by Gasteiger charge is -2.14. The Balaban J connectivity index is 1.30. The molecule has 158 valence electrons. The minimum Gasteiger partial charge on any atom is -0.490 e. The van der Waals surface area contributed by atoms with Gasteiger partial charge in [-0.2, -0.15) is 0 Å². The van der Waals surface area contributed by atoms with Crippen molar-refractivity contribution in [2.75, 3.05) is 10.6 Å². The van der Waals surface area contributed by atoms with Gasteiger partial charge in [-0.15, -0.1) is 0 Å². The summed E-state index contributed by atoms with van der Waals surface area (Å²) in [5.41, 5.74) is 3.54. The average molecular weight is 407 g/mol. The minimum atomic E-state index is -0.0362. The summed E-state index contributed by atoms with van der Waals surface area (Å²) in [4.78, 5) is 24.5. The van der Waals surface area contributed by atoms with Crippen molar-refractivity contribution in [3.05, 3.63) is 53.6 Å². The molecular formula is C25H30N2O3. The van der Waals surface area contributed by atoms with Crippen molar-refractivity contribution in [3.63, 3.8) is 0 Å². The number of anilines is 2. The highest BCUT2D eigenvalue weighted by atomic mass is 16.5. The molecule has 2 aromatic rings. The Bertz CT molecular complexity index is 914. The van der Waals surface area contributed by atoms with E-state index < -0.39 is 0 Å². The molecule has 0 unspecified atom stereocenters. The summed E-state index contributed by atoms with van der Waals surface area (Å²) >= 11 is 0. The Labute approximate surface area is 178 Å². The van der Waals surface area contributed by atoms with Crippen LogP contribution in [-0.4, -0.2) is 17.9 Å². The van der Waals surface area contributed by atoms with Crippen LogP contribution in [0.15, 0.2) is 42.5 Å². The molecule has 0 radical (unpaired) electrons. The van der Waals surface area contributed by atoms with Crippen molar-refractivity contribution in [1.82, 2.24) is 0 Å². The van der Waals surface area contributed by atoms with Crippen LogP contribution in [0.3, 0.4) is 0 Å². The normalized spacial score (nSPS) is 16.3. The van der Waals surface area contributed by atoms with Crippen LogP contribution < -0.4 is 15.4 Å². The van der Waals surface area contributed by atoms with Crippen LogP contribution in [0.4, 0.5) is 11.4 Å². The molecule has 2 aliphatic rings. The molecule has 0 spiro atoms. The van der Waals surface area contributed by atoms with Gasteiger partial charge in [-0.25, -0.2) is 0 Å². The number of hydrogen-bond donors (Lipinski definition) is 2. The van der Waals surface area contributed by atoms with Crippen molar-refractivity contribution in [2.24, 2.45) is 5.92 Å². The number of ether oxygens (including phenoxy) is 1. The van der Waals surface area contributed by atoms with E-state index in [1.165, 1.54) is 12.8 Å². The first kappa shape index (κ1) is 20.5. The Morgan fingerprint density at radius 3 is 2.57 bits per heavy atom. The summed E-state index contributed by atoms with van der Waals surface area (Å²) in [6.45, 7) is 1.95. The van der Waals surface area contributed by atoms with Gasteiger partial charge in [0.15, 0.2) is 0 Å². The molecule has 2 aliphatic carbocycles. The molecule has 2 fully saturated rings. The third-order valence-electron chi connectivity index (χ3n) is 5.87. The predicted molar refractivity (Wildman–Crippen MR) is 119 cm³/mol. The highest BCUT2D eigenvalue weighted by molar-refractivity contribution is 5.96. The monoisotopic (exact) mass is 406 g/mol. The Morgan fingerprint density at radius 1 is 1.00 bits per heavy atom. The smallest absolute Gasteiger partial charge is 0.227 e. The zero-order valence-corrected chi connectivity index (χ0v) is 17.6. The molecule has 2 amide bonds. The lowest BCUT2D eigenvalue weighted by Crippen LogP contribution is -2.15. The van der Waals surface area contributed by atoms with E-state index in [2.05, 4.69) is 10.6 Å². The van der Waals surface area contributed by atoms with Crippen molar-refractivity contribution in [3.8, 4) is 5.75 Å². The van der Waals surface area contributed by atoms with E-state index in [-0.39, 0.29) is 17.7 Å². The Hall–Kier alpha value is -2.82. The quantitative estimate of drug-likeness (QED) is 0.630. The maximum absolute atomic E-state index is 12.5. The van der Waals surface area contributed by atoms with Gasteiger partial charge in [0.1, 0.15) is 5.75 Å². The third kappa shape index (κ3) is 5.62. The molecule has 0 bridgehead atoms. The van der Waals surface area contributed by atoms with Crippen molar-refractivity contribution >= 4 is 23.2 Å². The number of amides is 2. The maximum Gasteiger partial charge on any atom is 0.227 e. The van der Waals surface area contributed by atoms with E-state index in [1.807, 2.05) is 49.4 Å². The van der Waals surface area contributed by atoms with Crippen LogP contribution in [0.1, 0.15) is 56.1 Å². The molecule has 0 heterocycles. The number of nitrogens with one attached hydrogen (secondary N) is 2. The molecule has 30 heavy (non-hydrogen) atoms. The van der Waals surface area contributed by atoms with E-state index in [0.29, 0.717) is 18.9 Å². The number of carbonyl (C=O) groups excluding carboxylic acids is 2. The van der Waals surface area contributed by atoms with Crippen LogP contribution in [-0.2, 0) is 16.0 Å². The van der Waals surface area contributed by atoms with E-state index in [0.717, 1.165) is 53.9 Å². The van der Waals surface area contributed by atoms with Gasteiger partial charge in [0.2, 0.25) is 11.8 Å². The zero-order chi connectivity index (χ0) is 20.9. The van der Waals surface area contributed by atoms with Gasteiger partial charge in [-0.3, -0.25) is 9.59 Å². The van der Waals surface area contributed by atoms with E-state index in [4.69, 9.17) is 4.74 Å². The molecule has 2 saturated carbocycles. The Morgan fingerprint density at radius 2 is 1.80 bits per heavy atom. The predicted octanol–water partition coefficient (Wildman–Crippen LogP) is 5.24. The number of aryl methyl sites for hydroxylation is 2. The highest BCUT2D eigenvalue weighted by Crippen LogP contribution is 2.31. The van der Waals surface area contributed by atoms with Gasteiger partial charge in [0, 0.05) is 23.7 Å². The molecular weight excluding hydrogens is 376 g/mol. The van der Waals surface area contributed by atoms with Crippen molar-refractivity contribution in [2.45, 2.75) is 64.4 Å². The fraction of sp³-hybridized carbons (Fsp3) is 0.440. The summed E-state index contributed by atoms with van der Waals surface area (Å²) < 4.78 is 6.07. The highest BCUT2D eigenvalue weighted by Gasteiger charge is 2.29. The van der Waals surface area contributed by atoms with Gasteiger partial charge in [0.25, 0.3) is 0 Å². The summed E-state index contributed by atoms with van der Waals surface area (Å²) in [7, 11) is 0. The molecule has 5 nitrogen and oxygen atoms in total. The van der Waals surface area contributed by atoms with Crippen LogP contribution in [0.5, 0.6) is 5.75 Å². The standard InChI is InChI=1S/C25H30N2O3/c1-17-9-13-20(26-25(29)19-11-12-19)16-23(17)27-24(28)14-10-18-5-4-8-22(15-18)30-21-6-2-3-7-21/h4-5,8-9,13,15-16,19,21H,2-3,6-7,10-12,14H2,1H3,(H,26,29)(H,27,28). The molecule has 2 aromatic carbocycles. The lowest BCUT2D eigenvalue weighted by molar-refractivity contribution is -0.117. The van der Waals surface area contributed by atoms with E-state index >= 15 is 0 Å². The fourth-order valence-corrected chi connectivity index (χ4v) is 3.87. The first-order valence-corrected chi connectivity index (χ1v) is 11.0. The van der Waals surface area contributed by atoms with Crippen LogP contribution in [0.25, 0.3) is 0 Å². The first-order chi connectivity index (χ1) is 14.6. The van der Waals surface area contributed by atoms with Gasteiger partial charge < -0.3 is 15.4 Å². The molecule has 0 aromatic heterocycles. The van der Waals surface area contributed by atoms with E-state index in [1.54, 1.807) is 0 Å². The molecule has 0 atom stereocenters. The van der Waals surface area contributed by atoms with Crippen LogP contribution >= 0.6 is 0 Å². The van der Waals surface area contributed by atoms with Gasteiger partial charge in [0.05, 0.1) is 6.10 Å². The number of hydrogen-bond acceptors (Lipinski definition) is 3. The van der Waals surface area contributed by atoms with E-state index in [9.17, 15) is 9.59 Å². The second kappa shape index (κ2) is 9.33. The SMILES string of the molecule is Cc1ccc(NC(=O)C2CC2)cc1NC(=O)CCc1cccc(OC2CCCC2)c1. The van der Waals surface area contributed by atoms with Crippen LogP contribution in [0, 0.1) is 12.8 Å². The molecule has 2 N–H and O–H groups in total. The van der Waals surface area contributed by atoms with Gasteiger partial charge in [-0.1, -0.05) is 18.2 Å². The summed E-state index contributed by atoms with van der Waals surface area (Å²) in [6, 6.07) is 13.7. The summed E-state index contributed by atoms with van der Waals surface area (Å²) in [5, 5.41) is 5.92. The van der Waals surface area contributed by atoms with Gasteiger partial charge in [-0.05, 0) is 87.3 Å². The third-order valence-corrected chi connectivity index (χ3v) is 5.87. The molecule has 0 aliphatic heterocycles. The lowest BCUT2D eigenvalue weighted by atomic mass is 10.1. The van der Waals surface area contributed by atoms with Crippen molar-refractivity contribution in [1.29, 1.82) is 0 Å². The molecule has 0 saturated heterocycles.